The normalized spacial score (nSPS) is 18.4. The van der Waals surface area contributed by atoms with Crippen LogP contribution in [0.25, 0.3) is 11.3 Å². The molecule has 7 heteroatoms. The maximum absolute atomic E-state index is 6.39. The number of nitrogens with one attached hydrogen (secondary N) is 1. The zero-order valence-electron chi connectivity index (χ0n) is 16.8. The number of halogens is 1. The lowest BCUT2D eigenvalue weighted by Crippen LogP contribution is -2.28. The van der Waals surface area contributed by atoms with Gasteiger partial charge in [-0.1, -0.05) is 28.1 Å². The van der Waals surface area contributed by atoms with Gasteiger partial charge in [0, 0.05) is 16.2 Å². The molecular formula is C24H20BrN3O2S. The second-order valence-corrected chi connectivity index (χ2v) is 8.76. The minimum absolute atomic E-state index is 0.135. The summed E-state index contributed by atoms with van der Waals surface area (Å²) in [5, 5.41) is 4.08. The van der Waals surface area contributed by atoms with Crippen LogP contribution in [0.15, 0.2) is 86.4 Å². The number of nitrogens with zero attached hydrogens (tertiary/aromatic N) is 2. The lowest BCUT2D eigenvalue weighted by atomic mass is 10.0. The van der Waals surface area contributed by atoms with Gasteiger partial charge < -0.3 is 19.1 Å². The smallest absolute Gasteiger partial charge is 0.170 e. The number of hydrogen-bond donors (Lipinski definition) is 1. The molecule has 3 aromatic heterocycles. The van der Waals surface area contributed by atoms with Gasteiger partial charge in [-0.2, -0.15) is 0 Å². The fourth-order valence-corrected chi connectivity index (χ4v) is 4.93. The minimum Gasteiger partial charge on any atom is -0.467 e. The molecule has 0 bridgehead atoms. The molecule has 0 saturated carbocycles. The number of benzene rings is 1. The number of aromatic nitrogens is 1. The van der Waals surface area contributed by atoms with Crippen molar-refractivity contribution in [1.82, 2.24) is 15.2 Å². The van der Waals surface area contributed by atoms with E-state index in [1.165, 1.54) is 5.56 Å². The highest BCUT2D eigenvalue weighted by Gasteiger charge is 2.42. The summed E-state index contributed by atoms with van der Waals surface area (Å²) in [4.78, 5) is 6.67. The standard InChI is InChI=1S/C24H20BrN3O2S/c1-15-7-8-17(18(25)13-15)20-9-10-21(30-20)23-22(19-6-2-3-11-26-19)27-24(31)28(23)14-16-5-4-12-29-16/h2-13,22-23H,14H2,1H3,(H,27,31)/t22-,23-/m1/s1. The van der Waals surface area contributed by atoms with Gasteiger partial charge in [0.1, 0.15) is 23.3 Å². The molecule has 0 unspecified atom stereocenters. The largest absolute Gasteiger partial charge is 0.467 e. The van der Waals surface area contributed by atoms with Crippen molar-refractivity contribution in [2.24, 2.45) is 0 Å². The Morgan fingerprint density at radius 2 is 2.03 bits per heavy atom. The van der Waals surface area contributed by atoms with Crippen molar-refractivity contribution >= 4 is 33.3 Å². The molecule has 1 N–H and O–H groups in total. The van der Waals surface area contributed by atoms with Crippen LogP contribution >= 0.6 is 28.1 Å². The monoisotopic (exact) mass is 493 g/mol. The van der Waals surface area contributed by atoms with Crippen LogP contribution in [0.4, 0.5) is 0 Å². The Morgan fingerprint density at radius 3 is 2.77 bits per heavy atom. The van der Waals surface area contributed by atoms with E-state index in [1.807, 2.05) is 42.5 Å². The van der Waals surface area contributed by atoms with Crippen molar-refractivity contribution < 1.29 is 8.83 Å². The van der Waals surface area contributed by atoms with Gasteiger partial charge in [-0.25, -0.2) is 0 Å². The first-order chi connectivity index (χ1) is 15.1. The summed E-state index contributed by atoms with van der Waals surface area (Å²) in [6, 6.07) is 19.7. The van der Waals surface area contributed by atoms with Crippen molar-refractivity contribution in [3.8, 4) is 11.3 Å². The molecule has 5 rings (SSSR count). The van der Waals surface area contributed by atoms with E-state index in [1.54, 1.807) is 12.5 Å². The van der Waals surface area contributed by atoms with Crippen LogP contribution in [0.3, 0.4) is 0 Å². The van der Waals surface area contributed by atoms with Gasteiger partial charge in [0.05, 0.1) is 24.5 Å². The summed E-state index contributed by atoms with van der Waals surface area (Å²) in [6.45, 7) is 2.61. The van der Waals surface area contributed by atoms with E-state index in [4.69, 9.17) is 21.1 Å². The van der Waals surface area contributed by atoms with Crippen LogP contribution in [0.5, 0.6) is 0 Å². The summed E-state index contributed by atoms with van der Waals surface area (Å²) >= 11 is 9.36. The van der Waals surface area contributed by atoms with E-state index in [-0.39, 0.29) is 12.1 Å². The third-order valence-electron chi connectivity index (χ3n) is 5.41. The zero-order valence-corrected chi connectivity index (χ0v) is 19.2. The van der Waals surface area contributed by atoms with Gasteiger partial charge in [0.2, 0.25) is 0 Å². The van der Waals surface area contributed by atoms with E-state index in [9.17, 15) is 0 Å². The first-order valence-corrected chi connectivity index (χ1v) is 11.2. The Bertz CT molecular complexity index is 1210. The SMILES string of the molecule is Cc1ccc(-c2ccc([C@@H]3[C@@H](c4ccccn4)NC(=S)N3Cc3ccco3)o2)c(Br)c1. The second-order valence-electron chi connectivity index (χ2n) is 7.52. The molecule has 1 saturated heterocycles. The Labute approximate surface area is 194 Å². The highest BCUT2D eigenvalue weighted by molar-refractivity contribution is 9.10. The van der Waals surface area contributed by atoms with Crippen molar-refractivity contribution in [3.05, 3.63) is 100 Å². The molecule has 0 aliphatic carbocycles. The molecule has 0 spiro atoms. The van der Waals surface area contributed by atoms with E-state index in [0.29, 0.717) is 11.7 Å². The molecule has 2 atom stereocenters. The number of thiocarbonyl (C=S) groups is 1. The topological polar surface area (TPSA) is 54.4 Å². The van der Waals surface area contributed by atoms with Gasteiger partial charge in [-0.05, 0) is 73.2 Å². The molecule has 1 aromatic carbocycles. The van der Waals surface area contributed by atoms with E-state index >= 15 is 0 Å². The quantitative estimate of drug-likeness (QED) is 0.335. The molecule has 156 valence electrons. The Kier molecular flexibility index (Phi) is 5.38. The predicted molar refractivity (Wildman–Crippen MR) is 126 cm³/mol. The van der Waals surface area contributed by atoms with Crippen LogP contribution in [-0.2, 0) is 6.54 Å². The number of aryl methyl sites for hydroxylation is 1. The number of hydrogen-bond acceptors (Lipinski definition) is 4. The van der Waals surface area contributed by atoms with Crippen molar-refractivity contribution in [2.45, 2.75) is 25.6 Å². The maximum Gasteiger partial charge on any atom is 0.170 e. The van der Waals surface area contributed by atoms with Gasteiger partial charge in [0.25, 0.3) is 0 Å². The Morgan fingerprint density at radius 1 is 1.13 bits per heavy atom. The lowest BCUT2D eigenvalue weighted by Gasteiger charge is -2.25. The van der Waals surface area contributed by atoms with Gasteiger partial charge in [-0.3, -0.25) is 4.98 Å². The van der Waals surface area contributed by atoms with Crippen molar-refractivity contribution in [2.75, 3.05) is 0 Å². The van der Waals surface area contributed by atoms with E-state index < -0.39 is 0 Å². The van der Waals surface area contributed by atoms with Crippen LogP contribution in [0.2, 0.25) is 0 Å². The summed E-state index contributed by atoms with van der Waals surface area (Å²) < 4.78 is 13.0. The molecule has 1 fully saturated rings. The molecular weight excluding hydrogens is 474 g/mol. The number of pyridine rings is 1. The molecule has 0 radical (unpaired) electrons. The summed E-state index contributed by atoms with van der Waals surface area (Å²) in [5.74, 6) is 2.46. The third-order valence-corrected chi connectivity index (χ3v) is 6.42. The van der Waals surface area contributed by atoms with Gasteiger partial charge in [0.15, 0.2) is 5.11 Å². The van der Waals surface area contributed by atoms with Gasteiger partial charge in [-0.15, -0.1) is 0 Å². The van der Waals surface area contributed by atoms with Crippen LogP contribution in [0.1, 0.15) is 34.9 Å². The summed E-state index contributed by atoms with van der Waals surface area (Å²) in [7, 11) is 0. The fraction of sp³-hybridized carbons (Fsp3) is 0.167. The Hall–Kier alpha value is -2.90. The minimum atomic E-state index is -0.162. The van der Waals surface area contributed by atoms with Gasteiger partial charge >= 0.3 is 0 Å². The molecule has 1 aliphatic heterocycles. The third kappa shape index (κ3) is 3.91. The first kappa shape index (κ1) is 20.0. The van der Waals surface area contributed by atoms with Crippen LogP contribution in [0, 0.1) is 6.92 Å². The molecule has 4 aromatic rings. The molecule has 1 aliphatic rings. The molecule has 0 amide bonds. The Balaban J connectivity index is 1.55. The number of furan rings is 2. The average molecular weight is 494 g/mol. The fourth-order valence-electron chi connectivity index (χ4n) is 3.93. The second kappa shape index (κ2) is 8.32. The highest BCUT2D eigenvalue weighted by Crippen LogP contribution is 2.42. The highest BCUT2D eigenvalue weighted by atomic mass is 79.9. The number of rotatable bonds is 5. The lowest BCUT2D eigenvalue weighted by molar-refractivity contribution is 0.253. The first-order valence-electron chi connectivity index (χ1n) is 9.97. The predicted octanol–water partition coefficient (Wildman–Crippen LogP) is 6.18. The van der Waals surface area contributed by atoms with E-state index in [2.05, 4.69) is 56.3 Å². The summed E-state index contributed by atoms with van der Waals surface area (Å²) in [5.41, 5.74) is 3.11. The summed E-state index contributed by atoms with van der Waals surface area (Å²) in [6.07, 6.45) is 3.47. The van der Waals surface area contributed by atoms with Crippen LogP contribution in [-0.4, -0.2) is 15.0 Å². The van der Waals surface area contributed by atoms with Crippen molar-refractivity contribution in [3.63, 3.8) is 0 Å². The average Bonchev–Trinajstić information content (AvgIpc) is 3.51. The molecule has 31 heavy (non-hydrogen) atoms. The molecule has 5 nitrogen and oxygen atoms in total. The zero-order chi connectivity index (χ0) is 21.4. The van der Waals surface area contributed by atoms with Crippen molar-refractivity contribution in [1.29, 1.82) is 0 Å². The molecule has 4 heterocycles. The maximum atomic E-state index is 6.39. The van der Waals surface area contributed by atoms with Crippen LogP contribution < -0.4 is 5.32 Å². The van der Waals surface area contributed by atoms with E-state index in [0.717, 1.165) is 33.0 Å².